The molecule has 0 aromatic rings. The topological polar surface area (TPSA) is 16.6 Å². The van der Waals surface area contributed by atoms with Gasteiger partial charge in [-0.15, -0.1) is 0 Å². The van der Waals surface area contributed by atoms with Gasteiger partial charge < -0.3 is 17.7 Å². The Hall–Kier alpha value is 0.250. The van der Waals surface area contributed by atoms with E-state index < -0.39 is 0 Å². The summed E-state index contributed by atoms with van der Waals surface area (Å²) in [5.41, 5.74) is 0. The van der Waals surface area contributed by atoms with E-state index in [0.29, 0.717) is 0 Å². The molecule has 1 aliphatic carbocycles. The van der Waals surface area contributed by atoms with Crippen molar-refractivity contribution in [2.24, 2.45) is 17.8 Å². The monoisotopic (exact) mass is 217 g/mol. The van der Waals surface area contributed by atoms with Crippen molar-refractivity contribution < 1.29 is 17.7 Å². The van der Waals surface area contributed by atoms with E-state index in [1.54, 1.807) is 0 Å². The molecule has 1 aliphatic heterocycles. The van der Waals surface area contributed by atoms with Crippen LogP contribution in [0, 0.1) is 17.8 Å². The van der Waals surface area contributed by atoms with Crippen molar-refractivity contribution in [3.8, 4) is 0 Å². The van der Waals surface area contributed by atoms with E-state index in [2.05, 4.69) is 12.2 Å². The third-order valence-electron chi connectivity index (χ3n) is 4.18. The number of hydrogen-bond acceptors (Lipinski definition) is 0. The fourth-order valence-corrected chi connectivity index (χ4v) is 3.16. The number of nitrogens with two attached hydrogens (primary N) is 1. The van der Waals surface area contributed by atoms with Gasteiger partial charge in [-0.2, -0.15) is 0 Å². The lowest BCUT2D eigenvalue weighted by Gasteiger charge is -2.33. The molecule has 0 radical (unpaired) electrons. The number of rotatable bonds is 1. The molecule has 1 unspecified atom stereocenters. The molecular formula is C12H24ClN. The number of halogens is 1. The molecule has 1 saturated heterocycles. The van der Waals surface area contributed by atoms with Crippen LogP contribution in [0.1, 0.15) is 45.4 Å². The molecule has 0 aromatic heterocycles. The van der Waals surface area contributed by atoms with Crippen molar-refractivity contribution in [1.29, 1.82) is 0 Å². The standard InChI is InChI=1S/C12H23N.ClH/c1-10-4-6-11(7-5-10)12-3-2-8-13-9-12;/h10-13H,2-9H2,1H3;1H. The number of hydrogen-bond donors (Lipinski definition) is 1. The summed E-state index contributed by atoms with van der Waals surface area (Å²) in [7, 11) is 0. The van der Waals surface area contributed by atoms with Crippen LogP contribution >= 0.6 is 0 Å². The second-order valence-electron chi connectivity index (χ2n) is 5.24. The minimum atomic E-state index is 0. The van der Waals surface area contributed by atoms with E-state index >= 15 is 0 Å². The van der Waals surface area contributed by atoms with Crippen LogP contribution in [0.25, 0.3) is 0 Å². The normalized spacial score (nSPS) is 38.8. The third-order valence-corrected chi connectivity index (χ3v) is 4.18. The number of piperidine rings is 1. The summed E-state index contributed by atoms with van der Waals surface area (Å²) < 4.78 is 0. The molecule has 1 saturated carbocycles. The largest absolute Gasteiger partial charge is 1.00 e. The zero-order chi connectivity index (χ0) is 9.10. The van der Waals surface area contributed by atoms with Crippen molar-refractivity contribution in [2.75, 3.05) is 13.1 Å². The molecular weight excluding hydrogens is 194 g/mol. The molecule has 2 aliphatic rings. The summed E-state index contributed by atoms with van der Waals surface area (Å²) in [5.74, 6) is 3.18. The fourth-order valence-electron chi connectivity index (χ4n) is 3.16. The van der Waals surface area contributed by atoms with E-state index in [0.717, 1.165) is 17.8 Å². The molecule has 0 amide bonds. The van der Waals surface area contributed by atoms with Crippen LogP contribution in [0.2, 0.25) is 0 Å². The first-order valence-electron chi connectivity index (χ1n) is 6.18. The van der Waals surface area contributed by atoms with Crippen molar-refractivity contribution in [2.45, 2.75) is 45.4 Å². The minimum Gasteiger partial charge on any atom is -1.00 e. The van der Waals surface area contributed by atoms with Gasteiger partial charge in [0.15, 0.2) is 0 Å². The zero-order valence-electron chi connectivity index (χ0n) is 9.34. The summed E-state index contributed by atoms with van der Waals surface area (Å²) in [6.07, 6.45) is 9.05. The second-order valence-corrected chi connectivity index (χ2v) is 5.24. The van der Waals surface area contributed by atoms with Gasteiger partial charge in [-0.3, -0.25) is 0 Å². The van der Waals surface area contributed by atoms with Gasteiger partial charge in [0, 0.05) is 5.92 Å². The van der Waals surface area contributed by atoms with Crippen molar-refractivity contribution in [1.82, 2.24) is 0 Å². The summed E-state index contributed by atoms with van der Waals surface area (Å²) in [6, 6.07) is 0. The van der Waals surface area contributed by atoms with Crippen LogP contribution in [0.15, 0.2) is 0 Å². The Bertz CT molecular complexity index is 146. The van der Waals surface area contributed by atoms with Crippen LogP contribution in [-0.2, 0) is 0 Å². The molecule has 14 heavy (non-hydrogen) atoms. The molecule has 0 spiro atoms. The predicted octanol–water partition coefficient (Wildman–Crippen LogP) is -1.21. The van der Waals surface area contributed by atoms with Gasteiger partial charge in [-0.1, -0.05) is 19.8 Å². The molecule has 2 rings (SSSR count). The van der Waals surface area contributed by atoms with Crippen molar-refractivity contribution >= 4 is 0 Å². The lowest BCUT2D eigenvalue weighted by molar-refractivity contribution is -0.670. The van der Waals surface area contributed by atoms with Crippen LogP contribution in [0.3, 0.4) is 0 Å². The molecule has 2 heteroatoms. The molecule has 0 bridgehead atoms. The Morgan fingerprint density at radius 1 is 0.929 bits per heavy atom. The maximum Gasteiger partial charge on any atom is 0.0786 e. The highest BCUT2D eigenvalue weighted by atomic mass is 35.5. The molecule has 1 nitrogen and oxygen atoms in total. The molecule has 84 valence electrons. The van der Waals surface area contributed by atoms with E-state index in [4.69, 9.17) is 0 Å². The predicted molar refractivity (Wildman–Crippen MR) is 55.5 cm³/mol. The van der Waals surface area contributed by atoms with E-state index in [9.17, 15) is 0 Å². The Morgan fingerprint density at radius 2 is 1.64 bits per heavy atom. The quantitative estimate of drug-likeness (QED) is 0.568. The van der Waals surface area contributed by atoms with Gasteiger partial charge in [0.1, 0.15) is 0 Å². The van der Waals surface area contributed by atoms with E-state index in [1.807, 2.05) is 0 Å². The first kappa shape index (κ1) is 12.3. The van der Waals surface area contributed by atoms with Gasteiger partial charge in [-0.05, 0) is 37.5 Å². The summed E-state index contributed by atoms with van der Waals surface area (Å²) in [4.78, 5) is 0. The summed E-state index contributed by atoms with van der Waals surface area (Å²) in [6.45, 7) is 5.24. The average Bonchev–Trinajstić information content (AvgIpc) is 2.20. The van der Waals surface area contributed by atoms with Crippen LogP contribution in [0.5, 0.6) is 0 Å². The average molecular weight is 218 g/mol. The highest BCUT2D eigenvalue weighted by molar-refractivity contribution is 4.76. The summed E-state index contributed by atoms with van der Waals surface area (Å²) in [5, 5.41) is 2.53. The minimum absolute atomic E-state index is 0. The lowest BCUT2D eigenvalue weighted by atomic mass is 9.74. The lowest BCUT2D eigenvalue weighted by Crippen LogP contribution is -3.00. The van der Waals surface area contributed by atoms with E-state index in [-0.39, 0.29) is 12.4 Å². The molecule has 1 heterocycles. The van der Waals surface area contributed by atoms with Crippen LogP contribution in [-0.4, -0.2) is 13.1 Å². The fraction of sp³-hybridized carbons (Fsp3) is 1.00. The first-order valence-corrected chi connectivity index (χ1v) is 6.18. The molecule has 1 atom stereocenters. The Kier molecular flexibility index (Phi) is 5.25. The maximum absolute atomic E-state index is 2.53. The Labute approximate surface area is 94.4 Å². The van der Waals surface area contributed by atoms with Crippen LogP contribution < -0.4 is 17.7 Å². The SMILES string of the molecule is CC1CCC(C2CCC[NH2+]C2)CC1.[Cl-]. The molecule has 2 fully saturated rings. The third kappa shape index (κ3) is 3.13. The van der Waals surface area contributed by atoms with Gasteiger partial charge in [-0.25, -0.2) is 0 Å². The van der Waals surface area contributed by atoms with Crippen molar-refractivity contribution in [3.63, 3.8) is 0 Å². The summed E-state index contributed by atoms with van der Waals surface area (Å²) >= 11 is 0. The zero-order valence-corrected chi connectivity index (χ0v) is 10.1. The highest BCUT2D eigenvalue weighted by Gasteiger charge is 2.28. The van der Waals surface area contributed by atoms with Gasteiger partial charge in [0.25, 0.3) is 0 Å². The Balaban J connectivity index is 0.000000980. The van der Waals surface area contributed by atoms with Gasteiger partial charge >= 0.3 is 0 Å². The van der Waals surface area contributed by atoms with Crippen molar-refractivity contribution in [3.05, 3.63) is 0 Å². The maximum atomic E-state index is 2.53. The van der Waals surface area contributed by atoms with E-state index in [1.165, 1.54) is 51.6 Å². The molecule has 2 N–H and O–H groups in total. The second kappa shape index (κ2) is 5.97. The van der Waals surface area contributed by atoms with Gasteiger partial charge in [0.05, 0.1) is 13.1 Å². The Morgan fingerprint density at radius 3 is 2.21 bits per heavy atom. The highest BCUT2D eigenvalue weighted by Crippen LogP contribution is 2.34. The smallest absolute Gasteiger partial charge is 0.0786 e. The van der Waals surface area contributed by atoms with Crippen LogP contribution in [0.4, 0.5) is 0 Å². The first-order chi connectivity index (χ1) is 6.36. The molecule has 0 aromatic carbocycles. The van der Waals surface area contributed by atoms with Gasteiger partial charge in [0.2, 0.25) is 0 Å². The number of quaternary nitrogens is 1.